The smallest absolute Gasteiger partial charge is 0.329 e. The molecule has 0 saturated heterocycles. The van der Waals surface area contributed by atoms with E-state index in [0.29, 0.717) is 12.0 Å². The van der Waals surface area contributed by atoms with E-state index in [-0.39, 0.29) is 5.91 Å². The number of hydrogen-bond donors (Lipinski definition) is 2. The first-order chi connectivity index (χ1) is 8.42. The van der Waals surface area contributed by atoms with Crippen LogP contribution in [-0.2, 0) is 11.2 Å². The number of carbonyl (C=O) groups excluding carboxylic acids is 1. The summed E-state index contributed by atoms with van der Waals surface area (Å²) in [5.74, 6) is -1.38. The number of carboxylic acid groups (broad SMARTS) is 1. The fraction of sp³-hybridized carbons (Fsp3) is 0.429. The quantitative estimate of drug-likeness (QED) is 0.841. The van der Waals surface area contributed by atoms with Gasteiger partial charge in [0.2, 0.25) is 0 Å². The van der Waals surface area contributed by atoms with Crippen molar-refractivity contribution in [1.29, 1.82) is 0 Å². The highest BCUT2D eigenvalue weighted by Crippen LogP contribution is 2.12. The molecule has 0 bridgehead atoms. The fourth-order valence-electron chi connectivity index (χ4n) is 1.51. The summed E-state index contributed by atoms with van der Waals surface area (Å²) < 4.78 is 0. The average Bonchev–Trinajstić information content (AvgIpc) is 2.38. The van der Waals surface area contributed by atoms with E-state index in [1.807, 2.05) is 19.1 Å². The van der Waals surface area contributed by atoms with Crippen molar-refractivity contribution in [2.45, 2.75) is 39.2 Å². The molecule has 0 aromatic heterocycles. The zero-order chi connectivity index (χ0) is 13.8. The van der Waals surface area contributed by atoms with E-state index in [9.17, 15) is 9.59 Å². The third-order valence-corrected chi connectivity index (χ3v) is 3.19. The van der Waals surface area contributed by atoms with Crippen LogP contribution in [0.1, 0.15) is 43.1 Å². The minimum Gasteiger partial charge on any atom is -0.480 e. The molecule has 1 aromatic rings. The first-order valence-corrected chi connectivity index (χ1v) is 6.07. The highest BCUT2D eigenvalue weighted by atomic mass is 16.4. The van der Waals surface area contributed by atoms with E-state index < -0.39 is 11.5 Å². The number of amides is 1. The molecule has 4 nitrogen and oxygen atoms in total. The first kappa shape index (κ1) is 14.2. The van der Waals surface area contributed by atoms with E-state index in [4.69, 9.17) is 5.11 Å². The zero-order valence-electron chi connectivity index (χ0n) is 11.0. The number of carboxylic acids is 1. The predicted molar refractivity (Wildman–Crippen MR) is 69.6 cm³/mol. The molecule has 0 aliphatic carbocycles. The van der Waals surface area contributed by atoms with Crippen molar-refractivity contribution in [3.05, 3.63) is 35.4 Å². The van der Waals surface area contributed by atoms with E-state index in [1.165, 1.54) is 6.92 Å². The van der Waals surface area contributed by atoms with Crippen molar-refractivity contribution < 1.29 is 14.7 Å². The van der Waals surface area contributed by atoms with Crippen LogP contribution in [0.4, 0.5) is 0 Å². The lowest BCUT2D eigenvalue weighted by Gasteiger charge is -2.24. The molecule has 1 aromatic carbocycles. The molecule has 4 heteroatoms. The van der Waals surface area contributed by atoms with Crippen molar-refractivity contribution in [3.8, 4) is 0 Å². The van der Waals surface area contributed by atoms with Gasteiger partial charge in [-0.2, -0.15) is 0 Å². The highest BCUT2D eigenvalue weighted by Gasteiger charge is 2.32. The average molecular weight is 249 g/mol. The summed E-state index contributed by atoms with van der Waals surface area (Å²) in [7, 11) is 0. The summed E-state index contributed by atoms with van der Waals surface area (Å²) >= 11 is 0. The van der Waals surface area contributed by atoms with Gasteiger partial charge in [-0.05, 0) is 37.5 Å². The van der Waals surface area contributed by atoms with Crippen molar-refractivity contribution in [1.82, 2.24) is 5.32 Å². The lowest BCUT2D eigenvalue weighted by Crippen LogP contribution is -2.51. The van der Waals surface area contributed by atoms with E-state index >= 15 is 0 Å². The predicted octanol–water partition coefficient (Wildman–Crippen LogP) is 2.23. The van der Waals surface area contributed by atoms with Gasteiger partial charge in [0.15, 0.2) is 0 Å². The van der Waals surface area contributed by atoms with Crippen LogP contribution in [0, 0.1) is 0 Å². The standard InChI is InChI=1S/C14H19NO3/c1-4-10-6-8-11(9-7-10)12(16)15-14(3,5-2)13(17)18/h6-9H,4-5H2,1-3H3,(H,15,16)(H,17,18). The Kier molecular flexibility index (Phi) is 4.48. The molecule has 1 amide bonds. The Labute approximate surface area is 107 Å². The van der Waals surface area contributed by atoms with Crippen molar-refractivity contribution >= 4 is 11.9 Å². The lowest BCUT2D eigenvalue weighted by molar-refractivity contribution is -0.143. The largest absolute Gasteiger partial charge is 0.480 e. The van der Waals surface area contributed by atoms with Crippen LogP contribution in [0.3, 0.4) is 0 Å². The Morgan fingerprint density at radius 3 is 2.17 bits per heavy atom. The summed E-state index contributed by atoms with van der Waals surface area (Å²) in [4.78, 5) is 23.1. The third kappa shape index (κ3) is 3.09. The Hall–Kier alpha value is -1.84. The summed E-state index contributed by atoms with van der Waals surface area (Å²) in [6.07, 6.45) is 1.24. The first-order valence-electron chi connectivity index (χ1n) is 6.07. The maximum absolute atomic E-state index is 11.9. The molecular formula is C14H19NO3. The maximum atomic E-state index is 11.9. The van der Waals surface area contributed by atoms with Gasteiger partial charge < -0.3 is 10.4 Å². The van der Waals surface area contributed by atoms with Crippen LogP contribution in [0.5, 0.6) is 0 Å². The maximum Gasteiger partial charge on any atom is 0.329 e. The molecule has 0 aliphatic rings. The van der Waals surface area contributed by atoms with Crippen LogP contribution in [0.2, 0.25) is 0 Å². The monoisotopic (exact) mass is 249 g/mol. The van der Waals surface area contributed by atoms with Gasteiger partial charge in [0.1, 0.15) is 5.54 Å². The Morgan fingerprint density at radius 2 is 1.78 bits per heavy atom. The number of benzene rings is 1. The number of hydrogen-bond acceptors (Lipinski definition) is 2. The second-order valence-corrected chi connectivity index (χ2v) is 4.50. The van der Waals surface area contributed by atoms with Crippen molar-refractivity contribution in [2.24, 2.45) is 0 Å². The van der Waals surface area contributed by atoms with Crippen LogP contribution in [0.15, 0.2) is 24.3 Å². The fourth-order valence-corrected chi connectivity index (χ4v) is 1.51. The Morgan fingerprint density at radius 1 is 1.22 bits per heavy atom. The Bertz CT molecular complexity index is 439. The topological polar surface area (TPSA) is 66.4 Å². The molecule has 0 aliphatic heterocycles. The zero-order valence-corrected chi connectivity index (χ0v) is 11.0. The van der Waals surface area contributed by atoms with Gasteiger partial charge in [-0.1, -0.05) is 26.0 Å². The Balaban J connectivity index is 2.84. The van der Waals surface area contributed by atoms with Gasteiger partial charge in [0.05, 0.1) is 0 Å². The third-order valence-electron chi connectivity index (χ3n) is 3.19. The van der Waals surface area contributed by atoms with E-state index in [0.717, 1.165) is 12.0 Å². The number of rotatable bonds is 5. The molecule has 0 spiro atoms. The molecule has 0 heterocycles. The molecule has 1 unspecified atom stereocenters. The number of aryl methyl sites for hydroxylation is 1. The van der Waals surface area contributed by atoms with Crippen LogP contribution in [-0.4, -0.2) is 22.5 Å². The molecule has 18 heavy (non-hydrogen) atoms. The van der Waals surface area contributed by atoms with Gasteiger partial charge in [0.25, 0.3) is 5.91 Å². The molecule has 0 saturated carbocycles. The molecule has 0 fully saturated rings. The molecule has 1 rings (SSSR count). The molecular weight excluding hydrogens is 230 g/mol. The summed E-state index contributed by atoms with van der Waals surface area (Å²) in [5.41, 5.74) is 0.400. The van der Waals surface area contributed by atoms with E-state index in [1.54, 1.807) is 19.1 Å². The van der Waals surface area contributed by atoms with Gasteiger partial charge in [-0.25, -0.2) is 4.79 Å². The normalized spacial score (nSPS) is 13.7. The van der Waals surface area contributed by atoms with Crippen molar-refractivity contribution in [3.63, 3.8) is 0 Å². The summed E-state index contributed by atoms with van der Waals surface area (Å²) in [6.45, 7) is 5.27. The van der Waals surface area contributed by atoms with Crippen molar-refractivity contribution in [2.75, 3.05) is 0 Å². The lowest BCUT2D eigenvalue weighted by atomic mass is 9.98. The SMILES string of the molecule is CCc1ccc(C(=O)NC(C)(CC)C(=O)O)cc1. The van der Waals surface area contributed by atoms with Gasteiger partial charge >= 0.3 is 5.97 Å². The minimum absolute atomic E-state index is 0.334. The van der Waals surface area contributed by atoms with Gasteiger partial charge in [-0.15, -0.1) is 0 Å². The second-order valence-electron chi connectivity index (χ2n) is 4.50. The molecule has 0 radical (unpaired) electrons. The highest BCUT2D eigenvalue weighted by molar-refractivity contribution is 5.97. The molecule has 2 N–H and O–H groups in total. The molecule has 98 valence electrons. The van der Waals surface area contributed by atoms with Crippen LogP contribution >= 0.6 is 0 Å². The summed E-state index contributed by atoms with van der Waals surface area (Å²) in [6, 6.07) is 7.18. The number of aliphatic carboxylic acids is 1. The van der Waals surface area contributed by atoms with Crippen LogP contribution < -0.4 is 5.32 Å². The number of carbonyl (C=O) groups is 2. The summed E-state index contributed by atoms with van der Waals surface area (Å²) in [5, 5.41) is 11.7. The van der Waals surface area contributed by atoms with E-state index in [2.05, 4.69) is 5.32 Å². The second kappa shape index (κ2) is 5.67. The number of nitrogens with one attached hydrogen (secondary N) is 1. The molecule has 1 atom stereocenters. The van der Waals surface area contributed by atoms with Gasteiger partial charge in [0, 0.05) is 5.56 Å². The minimum atomic E-state index is -1.22. The van der Waals surface area contributed by atoms with Gasteiger partial charge in [-0.3, -0.25) is 4.79 Å². The van der Waals surface area contributed by atoms with Crippen LogP contribution in [0.25, 0.3) is 0 Å².